The summed E-state index contributed by atoms with van der Waals surface area (Å²) in [5, 5.41) is 2.38. The van der Waals surface area contributed by atoms with E-state index in [4.69, 9.17) is 0 Å². The number of likely N-dealkylation sites (N-methyl/N-ethyl adjacent to an activating group) is 1. The smallest absolute Gasteiger partial charge is 0.237 e. The van der Waals surface area contributed by atoms with Gasteiger partial charge in [0.1, 0.15) is 5.92 Å². The number of carbonyl (C=O) groups is 2. The maximum atomic E-state index is 13.9. The molecule has 1 aliphatic rings. The van der Waals surface area contributed by atoms with Gasteiger partial charge in [0.05, 0.1) is 5.69 Å². The fourth-order valence-corrected chi connectivity index (χ4v) is 3.45. The van der Waals surface area contributed by atoms with Gasteiger partial charge in [-0.15, -0.1) is 0 Å². The molecule has 1 fully saturated rings. The van der Waals surface area contributed by atoms with Crippen molar-refractivity contribution in [2.45, 2.75) is 25.7 Å². The van der Waals surface area contributed by atoms with Gasteiger partial charge in [0.2, 0.25) is 11.8 Å². The number of hydrogen-bond acceptors (Lipinski definition) is 2. The first-order valence-corrected chi connectivity index (χ1v) is 8.89. The van der Waals surface area contributed by atoms with Crippen LogP contribution < -0.4 is 5.32 Å². The molecule has 2 aromatic carbocycles. The van der Waals surface area contributed by atoms with Gasteiger partial charge in [0.25, 0.3) is 0 Å². The molecule has 4 nitrogen and oxygen atoms in total. The van der Waals surface area contributed by atoms with E-state index < -0.39 is 23.5 Å². The van der Waals surface area contributed by atoms with Crippen LogP contribution >= 0.6 is 0 Å². The van der Waals surface area contributed by atoms with E-state index in [0.717, 1.165) is 17.2 Å². The topological polar surface area (TPSA) is 49.4 Å². The first-order valence-electron chi connectivity index (χ1n) is 8.89. The van der Waals surface area contributed by atoms with Crippen molar-refractivity contribution in [2.75, 3.05) is 18.9 Å². The quantitative estimate of drug-likeness (QED) is 0.828. The van der Waals surface area contributed by atoms with Gasteiger partial charge in [-0.2, -0.15) is 0 Å². The Hall–Kier alpha value is -2.76. The summed E-state index contributed by atoms with van der Waals surface area (Å²) in [6.07, 6.45) is 0. The number of carbonyl (C=O) groups excluding carboxylic acids is 2. The average molecular weight is 372 g/mol. The Kier molecular flexibility index (Phi) is 5.26. The third kappa shape index (κ3) is 3.70. The highest BCUT2D eigenvalue weighted by molar-refractivity contribution is 6.08. The largest absolute Gasteiger partial charge is 0.344 e. The van der Waals surface area contributed by atoms with Crippen molar-refractivity contribution in [1.82, 2.24) is 4.90 Å². The average Bonchev–Trinajstić information content (AvgIpc) is 2.94. The number of nitrogens with one attached hydrogen (secondary N) is 1. The molecule has 0 aromatic heterocycles. The van der Waals surface area contributed by atoms with E-state index >= 15 is 0 Å². The third-order valence-corrected chi connectivity index (χ3v) is 5.01. The minimum absolute atomic E-state index is 0.267. The Bertz CT molecular complexity index is 882. The van der Waals surface area contributed by atoms with Gasteiger partial charge in [0, 0.05) is 19.5 Å². The fourth-order valence-electron chi connectivity index (χ4n) is 3.45. The monoisotopic (exact) mass is 372 g/mol. The molecule has 1 aliphatic heterocycles. The maximum absolute atomic E-state index is 13.9. The predicted molar refractivity (Wildman–Crippen MR) is 99.4 cm³/mol. The Morgan fingerprint density at radius 2 is 1.89 bits per heavy atom. The lowest BCUT2D eigenvalue weighted by atomic mass is 9.86. The molecule has 1 saturated heterocycles. The number of amides is 2. The minimum atomic E-state index is -1.14. The molecule has 1 N–H and O–H groups in total. The zero-order valence-corrected chi connectivity index (χ0v) is 15.5. The van der Waals surface area contributed by atoms with Gasteiger partial charge < -0.3 is 10.2 Å². The number of benzene rings is 2. The van der Waals surface area contributed by atoms with Crippen LogP contribution in [0.5, 0.6) is 0 Å². The molecule has 3 rings (SSSR count). The van der Waals surface area contributed by atoms with Crippen LogP contribution in [0.15, 0.2) is 42.5 Å². The van der Waals surface area contributed by atoms with Gasteiger partial charge in [0.15, 0.2) is 11.6 Å². The van der Waals surface area contributed by atoms with Crippen LogP contribution in [0.2, 0.25) is 0 Å². The van der Waals surface area contributed by atoms with Gasteiger partial charge in [-0.1, -0.05) is 44.2 Å². The summed E-state index contributed by atoms with van der Waals surface area (Å²) in [4.78, 5) is 26.9. The highest BCUT2D eigenvalue weighted by atomic mass is 19.2. The molecule has 1 heterocycles. The van der Waals surface area contributed by atoms with Crippen LogP contribution in [0.3, 0.4) is 0 Å². The van der Waals surface area contributed by atoms with Crippen molar-refractivity contribution >= 4 is 17.5 Å². The Morgan fingerprint density at radius 1 is 1.19 bits per heavy atom. The molecule has 0 bridgehead atoms. The van der Waals surface area contributed by atoms with Gasteiger partial charge in [-0.3, -0.25) is 9.59 Å². The third-order valence-electron chi connectivity index (χ3n) is 5.01. The number of hydrogen-bond donors (Lipinski definition) is 1. The summed E-state index contributed by atoms with van der Waals surface area (Å²) < 4.78 is 27.3. The highest BCUT2D eigenvalue weighted by Gasteiger charge is 2.44. The summed E-state index contributed by atoms with van der Waals surface area (Å²) in [6, 6.07) is 11.4. The molecule has 0 radical (unpaired) electrons. The van der Waals surface area contributed by atoms with Gasteiger partial charge in [-0.05, 0) is 29.2 Å². The first kappa shape index (κ1) is 19.0. The van der Waals surface area contributed by atoms with E-state index in [1.165, 1.54) is 17.0 Å². The van der Waals surface area contributed by atoms with Crippen molar-refractivity contribution in [2.24, 2.45) is 5.92 Å². The van der Waals surface area contributed by atoms with E-state index in [1.807, 2.05) is 24.3 Å². The second-order valence-electron chi connectivity index (χ2n) is 7.22. The van der Waals surface area contributed by atoms with Gasteiger partial charge >= 0.3 is 0 Å². The SMILES string of the molecule is CC(C)c1cccc([C@H]2CN(C)C(=O)[C@@H]2C(=O)Nc2cccc(F)c2F)c1. The van der Waals surface area contributed by atoms with Crippen molar-refractivity contribution in [1.29, 1.82) is 0 Å². The molecule has 2 amide bonds. The first-order chi connectivity index (χ1) is 12.8. The maximum Gasteiger partial charge on any atom is 0.237 e. The second kappa shape index (κ2) is 7.47. The molecule has 2 atom stereocenters. The number of anilines is 1. The van der Waals surface area contributed by atoms with Crippen LogP contribution in [0.25, 0.3) is 0 Å². The molecule has 27 heavy (non-hydrogen) atoms. The summed E-state index contributed by atoms with van der Waals surface area (Å²) in [6.45, 7) is 4.54. The van der Waals surface area contributed by atoms with E-state index in [1.54, 1.807) is 7.05 Å². The molecule has 6 heteroatoms. The zero-order chi connectivity index (χ0) is 19.7. The summed E-state index contributed by atoms with van der Waals surface area (Å²) in [7, 11) is 1.64. The molecule has 0 saturated carbocycles. The molecule has 0 spiro atoms. The van der Waals surface area contributed by atoms with Crippen molar-refractivity contribution < 1.29 is 18.4 Å². The molecule has 0 aliphatic carbocycles. The number of nitrogens with zero attached hydrogens (tertiary/aromatic N) is 1. The summed E-state index contributed by atoms with van der Waals surface area (Å²) in [5.41, 5.74) is 1.74. The fraction of sp³-hybridized carbons (Fsp3) is 0.333. The lowest BCUT2D eigenvalue weighted by Crippen LogP contribution is -2.33. The van der Waals surface area contributed by atoms with E-state index in [9.17, 15) is 18.4 Å². The van der Waals surface area contributed by atoms with Crippen LogP contribution in [-0.2, 0) is 9.59 Å². The second-order valence-corrected chi connectivity index (χ2v) is 7.22. The molecule has 142 valence electrons. The lowest BCUT2D eigenvalue weighted by Gasteiger charge is -2.18. The van der Waals surface area contributed by atoms with Crippen LogP contribution in [-0.4, -0.2) is 30.3 Å². The Morgan fingerprint density at radius 3 is 2.59 bits per heavy atom. The highest BCUT2D eigenvalue weighted by Crippen LogP contribution is 2.35. The predicted octanol–water partition coefficient (Wildman–Crippen LogP) is 3.90. The molecule has 0 unspecified atom stereocenters. The molecular formula is C21H22F2N2O2. The van der Waals surface area contributed by atoms with Crippen molar-refractivity contribution in [3.05, 3.63) is 65.2 Å². The van der Waals surface area contributed by atoms with Crippen LogP contribution in [0.1, 0.15) is 36.8 Å². The Labute approximate surface area is 157 Å². The number of rotatable bonds is 4. The van der Waals surface area contributed by atoms with Crippen molar-refractivity contribution in [3.63, 3.8) is 0 Å². The zero-order valence-electron chi connectivity index (χ0n) is 15.5. The van der Waals surface area contributed by atoms with Gasteiger partial charge in [-0.25, -0.2) is 8.78 Å². The Balaban J connectivity index is 1.91. The molecule has 2 aromatic rings. The van der Waals surface area contributed by atoms with Crippen LogP contribution in [0.4, 0.5) is 14.5 Å². The van der Waals surface area contributed by atoms with E-state index in [0.29, 0.717) is 12.5 Å². The molecular weight excluding hydrogens is 350 g/mol. The van der Waals surface area contributed by atoms with Crippen molar-refractivity contribution in [3.8, 4) is 0 Å². The standard InChI is InChI=1S/C21H22F2N2O2/c1-12(2)13-6-4-7-14(10-13)15-11-25(3)21(27)18(15)20(26)24-17-9-5-8-16(22)19(17)23/h4-10,12,15,18H,11H2,1-3H3,(H,24,26)/t15-,18+/m1/s1. The van der Waals surface area contributed by atoms with E-state index in [2.05, 4.69) is 19.2 Å². The van der Waals surface area contributed by atoms with Crippen LogP contribution in [0, 0.1) is 17.6 Å². The van der Waals surface area contributed by atoms with E-state index in [-0.39, 0.29) is 17.5 Å². The minimum Gasteiger partial charge on any atom is -0.344 e. The number of likely N-dealkylation sites (tertiary alicyclic amines) is 1. The lowest BCUT2D eigenvalue weighted by molar-refractivity contribution is -0.135. The summed E-state index contributed by atoms with van der Waals surface area (Å²) >= 11 is 0. The normalized spacial score (nSPS) is 19.6. The number of halogens is 2. The summed E-state index contributed by atoms with van der Waals surface area (Å²) in [5.74, 6) is -4.17.